The first-order valence-corrected chi connectivity index (χ1v) is 8.57. The number of sulfonamides is 1. The Labute approximate surface area is 117 Å². The van der Waals surface area contributed by atoms with Gasteiger partial charge >= 0.3 is 0 Å². The summed E-state index contributed by atoms with van der Waals surface area (Å²) in [5, 5.41) is 9.05. The van der Waals surface area contributed by atoms with Crippen LogP contribution in [0.1, 0.15) is 25.1 Å². The van der Waals surface area contributed by atoms with E-state index < -0.39 is 10.0 Å². The maximum absolute atomic E-state index is 12.6. The van der Waals surface area contributed by atoms with Crippen LogP contribution in [0.2, 0.25) is 0 Å². The molecule has 0 saturated carbocycles. The molecule has 0 radical (unpaired) electrons. The highest BCUT2D eigenvalue weighted by atomic mass is 32.2. The zero-order chi connectivity index (χ0) is 14.0. The molecule has 1 aromatic rings. The number of aliphatic hydroxyl groups excluding tert-OH is 1. The number of hydrogen-bond acceptors (Lipinski definition) is 5. The van der Waals surface area contributed by atoms with Gasteiger partial charge in [0.05, 0.1) is 19.3 Å². The number of aliphatic hydroxyl groups is 1. The number of morpholine rings is 1. The summed E-state index contributed by atoms with van der Waals surface area (Å²) in [6, 6.07) is 3.11. The van der Waals surface area contributed by atoms with Gasteiger partial charge < -0.3 is 9.84 Å². The minimum atomic E-state index is -3.48. The molecule has 0 bridgehead atoms. The van der Waals surface area contributed by atoms with Crippen LogP contribution in [0, 0.1) is 0 Å². The summed E-state index contributed by atoms with van der Waals surface area (Å²) >= 11 is 1.13. The lowest BCUT2D eigenvalue weighted by Gasteiger charge is -2.36. The number of rotatable bonds is 4. The van der Waals surface area contributed by atoms with Crippen LogP contribution in [-0.2, 0) is 21.4 Å². The molecular formula is C12H19NO4S2. The molecule has 0 amide bonds. The lowest BCUT2D eigenvalue weighted by molar-refractivity contribution is -0.0229. The van der Waals surface area contributed by atoms with Crippen LogP contribution in [0.15, 0.2) is 16.3 Å². The molecule has 1 aliphatic heterocycles. The highest BCUT2D eigenvalue weighted by Crippen LogP contribution is 2.29. The van der Waals surface area contributed by atoms with Crippen LogP contribution in [0.25, 0.3) is 0 Å². The number of thiophene rings is 1. The van der Waals surface area contributed by atoms with Crippen molar-refractivity contribution in [1.82, 2.24) is 4.31 Å². The molecule has 1 aromatic heterocycles. The highest BCUT2D eigenvalue weighted by molar-refractivity contribution is 7.91. The summed E-state index contributed by atoms with van der Waals surface area (Å²) in [5.74, 6) is 0. The van der Waals surface area contributed by atoms with Gasteiger partial charge in [-0.15, -0.1) is 11.3 Å². The van der Waals surface area contributed by atoms with Crippen molar-refractivity contribution < 1.29 is 18.3 Å². The van der Waals surface area contributed by atoms with Gasteiger partial charge in [-0.1, -0.05) is 6.92 Å². The summed E-state index contributed by atoms with van der Waals surface area (Å²) in [7, 11) is -3.48. The molecule has 1 aliphatic rings. The molecule has 5 nitrogen and oxygen atoms in total. The molecule has 1 fully saturated rings. The van der Waals surface area contributed by atoms with Gasteiger partial charge in [-0.2, -0.15) is 4.31 Å². The van der Waals surface area contributed by atoms with Crippen LogP contribution in [0.4, 0.5) is 0 Å². The van der Waals surface area contributed by atoms with Crippen molar-refractivity contribution in [3.8, 4) is 0 Å². The van der Waals surface area contributed by atoms with Crippen LogP contribution in [0.5, 0.6) is 0 Å². The molecule has 0 aliphatic carbocycles. The lowest BCUT2D eigenvalue weighted by Crippen LogP contribution is -2.50. The van der Waals surface area contributed by atoms with Gasteiger partial charge in [-0.25, -0.2) is 8.42 Å². The second kappa shape index (κ2) is 5.88. The van der Waals surface area contributed by atoms with Crippen molar-refractivity contribution in [2.45, 2.75) is 43.2 Å². The SMILES string of the molecule is CCC1COC(C)CN1S(=O)(=O)c1ccc(CO)s1. The number of ether oxygens (including phenoxy) is 1. The number of nitrogens with zero attached hydrogens (tertiary/aromatic N) is 1. The molecular weight excluding hydrogens is 286 g/mol. The van der Waals surface area contributed by atoms with E-state index in [0.717, 1.165) is 17.8 Å². The van der Waals surface area contributed by atoms with Gasteiger partial charge in [-0.3, -0.25) is 0 Å². The normalized spacial score (nSPS) is 25.6. The van der Waals surface area contributed by atoms with Gasteiger partial charge in [0.25, 0.3) is 10.0 Å². The fourth-order valence-electron chi connectivity index (χ4n) is 2.13. The van der Waals surface area contributed by atoms with Gasteiger partial charge in [0, 0.05) is 17.5 Å². The zero-order valence-corrected chi connectivity index (χ0v) is 12.7. The van der Waals surface area contributed by atoms with E-state index in [9.17, 15) is 8.42 Å². The third kappa shape index (κ3) is 3.00. The van der Waals surface area contributed by atoms with E-state index in [4.69, 9.17) is 9.84 Å². The van der Waals surface area contributed by atoms with E-state index in [-0.39, 0.29) is 18.8 Å². The maximum atomic E-state index is 12.6. The first-order valence-electron chi connectivity index (χ1n) is 6.32. The molecule has 2 unspecified atom stereocenters. The first-order chi connectivity index (χ1) is 8.98. The van der Waals surface area contributed by atoms with E-state index in [1.807, 2.05) is 13.8 Å². The zero-order valence-electron chi connectivity index (χ0n) is 11.1. The standard InChI is InChI=1S/C12H19NO4S2/c1-3-10-8-17-9(2)6-13(10)19(15,16)12-5-4-11(7-14)18-12/h4-5,9-10,14H,3,6-8H2,1-2H3. The van der Waals surface area contributed by atoms with Crippen molar-refractivity contribution in [1.29, 1.82) is 0 Å². The minimum Gasteiger partial charge on any atom is -0.391 e. The second-order valence-corrected chi connectivity index (χ2v) is 7.95. The van der Waals surface area contributed by atoms with Crippen molar-refractivity contribution in [3.63, 3.8) is 0 Å². The summed E-state index contributed by atoms with van der Waals surface area (Å²) in [6.45, 7) is 4.53. The van der Waals surface area contributed by atoms with E-state index in [0.29, 0.717) is 22.2 Å². The van der Waals surface area contributed by atoms with Gasteiger partial charge in [0.2, 0.25) is 0 Å². The monoisotopic (exact) mass is 305 g/mol. The van der Waals surface area contributed by atoms with Gasteiger partial charge in [0.15, 0.2) is 0 Å². The molecule has 19 heavy (non-hydrogen) atoms. The Morgan fingerprint density at radius 3 is 2.84 bits per heavy atom. The first kappa shape index (κ1) is 14.9. The smallest absolute Gasteiger partial charge is 0.252 e. The van der Waals surface area contributed by atoms with Gasteiger partial charge in [-0.05, 0) is 25.5 Å². The molecule has 0 spiro atoms. The van der Waals surface area contributed by atoms with Crippen LogP contribution in [-0.4, -0.2) is 43.1 Å². The Hall–Kier alpha value is -0.470. The topological polar surface area (TPSA) is 66.8 Å². The Balaban J connectivity index is 2.30. The Bertz CT molecular complexity index is 526. The van der Waals surface area contributed by atoms with Crippen molar-refractivity contribution >= 4 is 21.4 Å². The molecule has 2 atom stereocenters. The highest BCUT2D eigenvalue weighted by Gasteiger charge is 2.36. The summed E-state index contributed by atoms with van der Waals surface area (Å²) in [4.78, 5) is 0.660. The average molecular weight is 305 g/mol. The molecule has 108 valence electrons. The minimum absolute atomic E-state index is 0.0881. The molecule has 2 heterocycles. The van der Waals surface area contributed by atoms with Crippen molar-refractivity contribution in [2.75, 3.05) is 13.2 Å². The average Bonchev–Trinajstić information content (AvgIpc) is 2.88. The van der Waals surface area contributed by atoms with Crippen molar-refractivity contribution in [2.24, 2.45) is 0 Å². The van der Waals surface area contributed by atoms with E-state index >= 15 is 0 Å². The summed E-state index contributed by atoms with van der Waals surface area (Å²) < 4.78 is 32.6. The summed E-state index contributed by atoms with van der Waals surface area (Å²) in [6.07, 6.45) is 0.638. The third-order valence-electron chi connectivity index (χ3n) is 3.24. The molecule has 0 aromatic carbocycles. The molecule has 7 heteroatoms. The second-order valence-electron chi connectivity index (χ2n) is 4.66. The van der Waals surface area contributed by atoms with E-state index in [1.165, 1.54) is 4.31 Å². The van der Waals surface area contributed by atoms with Crippen LogP contribution in [0.3, 0.4) is 0 Å². The lowest BCUT2D eigenvalue weighted by atomic mass is 10.2. The predicted molar refractivity (Wildman–Crippen MR) is 73.6 cm³/mol. The predicted octanol–water partition coefficient (Wildman–Crippen LogP) is 1.43. The fraction of sp³-hybridized carbons (Fsp3) is 0.667. The van der Waals surface area contributed by atoms with Crippen LogP contribution >= 0.6 is 11.3 Å². The maximum Gasteiger partial charge on any atom is 0.252 e. The molecule has 1 saturated heterocycles. The fourth-order valence-corrected chi connectivity index (χ4v) is 5.23. The van der Waals surface area contributed by atoms with Crippen LogP contribution < -0.4 is 0 Å². The van der Waals surface area contributed by atoms with Gasteiger partial charge in [0.1, 0.15) is 4.21 Å². The Kier molecular flexibility index (Phi) is 4.62. The summed E-state index contributed by atoms with van der Waals surface area (Å²) in [5.41, 5.74) is 0. The largest absolute Gasteiger partial charge is 0.391 e. The van der Waals surface area contributed by atoms with E-state index in [2.05, 4.69) is 0 Å². The van der Waals surface area contributed by atoms with Crippen molar-refractivity contribution in [3.05, 3.63) is 17.0 Å². The molecule has 2 rings (SSSR count). The third-order valence-corrected chi connectivity index (χ3v) is 6.70. The molecule has 1 N–H and O–H groups in total. The Morgan fingerprint density at radius 1 is 1.53 bits per heavy atom. The Morgan fingerprint density at radius 2 is 2.26 bits per heavy atom. The number of hydrogen-bond donors (Lipinski definition) is 1. The quantitative estimate of drug-likeness (QED) is 0.914. The van der Waals surface area contributed by atoms with E-state index in [1.54, 1.807) is 12.1 Å².